The number of rotatable bonds is 10. The molecule has 2 N–H and O–H groups in total. The number of nitrogens with one attached hydrogen (secondary N) is 1. The van der Waals surface area contributed by atoms with E-state index >= 15 is 0 Å². The fourth-order valence-electron chi connectivity index (χ4n) is 4.66. The van der Waals surface area contributed by atoms with Gasteiger partial charge in [-0.05, 0) is 38.3 Å². The summed E-state index contributed by atoms with van der Waals surface area (Å²) >= 11 is 0. The summed E-state index contributed by atoms with van der Waals surface area (Å²) in [5, 5.41) is 21.3. The fraction of sp³-hybridized carbons (Fsp3) is 0.462. The van der Waals surface area contributed by atoms with Crippen LogP contribution in [0.5, 0.6) is 11.5 Å². The van der Waals surface area contributed by atoms with Crippen LogP contribution in [0.15, 0.2) is 58.5 Å². The Morgan fingerprint density at radius 1 is 1.24 bits per heavy atom. The number of carbonyl (C=O) groups excluding carboxylic acids is 1. The average Bonchev–Trinajstić information content (AvgIpc) is 3.48. The Balaban J connectivity index is 1.57. The molecule has 2 heterocycles. The van der Waals surface area contributed by atoms with E-state index < -0.39 is 32.9 Å². The molecule has 11 nitrogen and oxygen atoms in total. The van der Waals surface area contributed by atoms with E-state index in [1.54, 1.807) is 38.2 Å². The van der Waals surface area contributed by atoms with E-state index in [1.165, 1.54) is 29.1 Å². The van der Waals surface area contributed by atoms with Crippen molar-refractivity contribution < 1.29 is 23.1 Å². The van der Waals surface area contributed by atoms with Crippen LogP contribution in [0, 0.1) is 5.92 Å². The molecule has 0 bridgehead atoms. The lowest BCUT2D eigenvalue weighted by Gasteiger charge is -2.21. The number of carbonyl (C=O) groups is 1. The molecule has 38 heavy (non-hydrogen) atoms. The summed E-state index contributed by atoms with van der Waals surface area (Å²) in [6.07, 6.45) is 8.58. The lowest BCUT2D eigenvalue weighted by molar-refractivity contribution is -0.120. The van der Waals surface area contributed by atoms with E-state index in [0.717, 1.165) is 36.6 Å². The first-order chi connectivity index (χ1) is 17.9. The van der Waals surface area contributed by atoms with Crippen LogP contribution < -0.4 is 15.6 Å². The zero-order valence-electron chi connectivity index (χ0n) is 21.7. The summed E-state index contributed by atoms with van der Waals surface area (Å²) in [7, 11) is -3.55. The smallest absolute Gasteiger partial charge is 0.271 e. The molecular formula is C26H33N5O6S. The average molecular weight is 544 g/mol. The van der Waals surface area contributed by atoms with Crippen LogP contribution >= 0.6 is 0 Å². The topological polar surface area (TPSA) is 145 Å². The minimum absolute atomic E-state index is 0.00770. The van der Waals surface area contributed by atoms with Crippen molar-refractivity contribution in [2.45, 2.75) is 69.0 Å². The van der Waals surface area contributed by atoms with Crippen molar-refractivity contribution in [3.05, 3.63) is 59.1 Å². The molecule has 0 aliphatic heterocycles. The standard InChI is InChI=1S/C26H33N5O6S/c1-26(2,34)17-30-13-12-23(29-30)28-25(33)20(14-18-8-4-5-9-18)31-24(32)15-19(16-27-31)37-21-10-6-7-11-22(21)38(3,35)36/h6-7,10-13,15-16,18,20,34H,4-5,8-9,14,17H2,1-3H3,(H,28,29,33)/t20-/m0/s1. The van der Waals surface area contributed by atoms with Crippen molar-refractivity contribution in [3.8, 4) is 11.5 Å². The second kappa shape index (κ2) is 11.1. The number of nitrogens with zero attached hydrogens (tertiary/aromatic N) is 4. The third-order valence-electron chi connectivity index (χ3n) is 6.35. The summed E-state index contributed by atoms with van der Waals surface area (Å²) in [6, 6.07) is 8.08. The van der Waals surface area contributed by atoms with Gasteiger partial charge in [-0.3, -0.25) is 14.3 Å². The van der Waals surface area contributed by atoms with Crippen LogP contribution in [0.25, 0.3) is 0 Å². The second-order valence-electron chi connectivity index (χ2n) is 10.4. The molecule has 1 aromatic carbocycles. The van der Waals surface area contributed by atoms with Gasteiger partial charge in [-0.1, -0.05) is 37.8 Å². The van der Waals surface area contributed by atoms with Crippen LogP contribution in [0.2, 0.25) is 0 Å². The molecule has 1 aliphatic rings. The molecule has 0 unspecified atom stereocenters. The number of sulfone groups is 1. The Bertz CT molecular complexity index is 1450. The van der Waals surface area contributed by atoms with Crippen LogP contribution in [0.1, 0.15) is 52.0 Å². The highest BCUT2D eigenvalue weighted by atomic mass is 32.2. The number of hydrogen-bond acceptors (Lipinski definition) is 8. The van der Waals surface area contributed by atoms with Gasteiger partial charge >= 0.3 is 0 Å². The zero-order valence-corrected chi connectivity index (χ0v) is 22.5. The van der Waals surface area contributed by atoms with Gasteiger partial charge in [-0.15, -0.1) is 0 Å². The lowest BCUT2D eigenvalue weighted by Crippen LogP contribution is -2.36. The van der Waals surface area contributed by atoms with Crippen molar-refractivity contribution in [2.24, 2.45) is 5.92 Å². The quantitative estimate of drug-likeness (QED) is 0.397. The molecule has 2 aromatic heterocycles. The molecule has 0 spiro atoms. The molecule has 12 heteroatoms. The van der Waals surface area contributed by atoms with Crippen molar-refractivity contribution in [1.29, 1.82) is 0 Å². The predicted octanol–water partition coefficient (Wildman–Crippen LogP) is 3.17. The molecule has 1 saturated carbocycles. The third kappa shape index (κ3) is 7.07. The zero-order chi connectivity index (χ0) is 27.5. The summed E-state index contributed by atoms with van der Waals surface area (Å²) in [5.74, 6) is 0.311. The second-order valence-corrected chi connectivity index (χ2v) is 12.4. The highest BCUT2D eigenvalue weighted by Gasteiger charge is 2.29. The van der Waals surface area contributed by atoms with E-state index in [4.69, 9.17) is 4.74 Å². The number of aliphatic hydroxyl groups is 1. The molecule has 0 radical (unpaired) electrons. The number of benzene rings is 1. The summed E-state index contributed by atoms with van der Waals surface area (Å²) in [6.45, 7) is 3.57. The summed E-state index contributed by atoms with van der Waals surface area (Å²) in [5.41, 5.74) is -1.52. The Morgan fingerprint density at radius 3 is 2.61 bits per heavy atom. The maximum absolute atomic E-state index is 13.4. The van der Waals surface area contributed by atoms with Crippen LogP contribution in [0.4, 0.5) is 5.82 Å². The normalized spacial score (nSPS) is 15.4. The maximum Gasteiger partial charge on any atom is 0.271 e. The first-order valence-corrected chi connectivity index (χ1v) is 14.4. The van der Waals surface area contributed by atoms with Gasteiger partial charge in [0.05, 0.1) is 18.3 Å². The molecule has 1 aliphatic carbocycles. The van der Waals surface area contributed by atoms with Crippen LogP contribution in [-0.4, -0.2) is 50.8 Å². The Labute approximate surface area is 221 Å². The number of para-hydroxylation sites is 1. The number of aromatic nitrogens is 4. The highest BCUT2D eigenvalue weighted by molar-refractivity contribution is 7.90. The SMILES string of the molecule is CC(C)(O)Cn1ccc(NC(=O)[C@H](CC2CCCC2)n2ncc(Oc3ccccc3S(C)(=O)=O)cc2=O)n1. The van der Waals surface area contributed by atoms with Gasteiger partial charge in [0, 0.05) is 24.6 Å². The predicted molar refractivity (Wildman–Crippen MR) is 141 cm³/mol. The van der Waals surface area contributed by atoms with Gasteiger partial charge in [-0.25, -0.2) is 13.1 Å². The van der Waals surface area contributed by atoms with Crippen molar-refractivity contribution in [3.63, 3.8) is 0 Å². The molecule has 1 amide bonds. The van der Waals surface area contributed by atoms with E-state index in [-0.39, 0.29) is 28.9 Å². The van der Waals surface area contributed by atoms with Gasteiger partial charge in [0.15, 0.2) is 21.4 Å². The third-order valence-corrected chi connectivity index (χ3v) is 7.48. The van der Waals surface area contributed by atoms with Gasteiger partial charge in [0.25, 0.3) is 11.5 Å². The molecule has 204 valence electrons. The van der Waals surface area contributed by atoms with Crippen molar-refractivity contribution in [1.82, 2.24) is 19.6 Å². The van der Waals surface area contributed by atoms with E-state index in [2.05, 4.69) is 15.5 Å². The minimum atomic E-state index is -3.55. The molecule has 4 rings (SSSR count). The fourth-order valence-corrected chi connectivity index (χ4v) is 5.46. The molecule has 1 atom stereocenters. The number of ether oxygens (including phenoxy) is 1. The Hall–Kier alpha value is -3.51. The first-order valence-electron chi connectivity index (χ1n) is 12.5. The highest BCUT2D eigenvalue weighted by Crippen LogP contribution is 2.32. The monoisotopic (exact) mass is 543 g/mol. The molecule has 1 fully saturated rings. The number of amides is 1. The van der Waals surface area contributed by atoms with Gasteiger partial charge in [0.2, 0.25) is 0 Å². The Morgan fingerprint density at radius 2 is 1.95 bits per heavy atom. The number of anilines is 1. The molecule has 0 saturated heterocycles. The number of hydrogen-bond donors (Lipinski definition) is 2. The van der Waals surface area contributed by atoms with E-state index in [0.29, 0.717) is 12.2 Å². The van der Waals surface area contributed by atoms with Gasteiger partial charge < -0.3 is 15.2 Å². The minimum Gasteiger partial charge on any atom is -0.454 e. The van der Waals surface area contributed by atoms with Crippen molar-refractivity contribution in [2.75, 3.05) is 11.6 Å². The van der Waals surface area contributed by atoms with Crippen LogP contribution in [-0.2, 0) is 21.2 Å². The Kier molecular flexibility index (Phi) is 8.02. The molecule has 3 aromatic rings. The summed E-state index contributed by atoms with van der Waals surface area (Å²) in [4.78, 5) is 26.5. The lowest BCUT2D eigenvalue weighted by atomic mass is 9.98. The van der Waals surface area contributed by atoms with Gasteiger partial charge in [-0.2, -0.15) is 10.2 Å². The molecular weight excluding hydrogens is 510 g/mol. The van der Waals surface area contributed by atoms with Gasteiger partial charge in [0.1, 0.15) is 16.7 Å². The van der Waals surface area contributed by atoms with E-state index in [9.17, 15) is 23.1 Å². The first kappa shape index (κ1) is 27.5. The van der Waals surface area contributed by atoms with E-state index in [1.807, 2.05) is 0 Å². The summed E-state index contributed by atoms with van der Waals surface area (Å²) < 4.78 is 32.5. The van der Waals surface area contributed by atoms with Crippen LogP contribution in [0.3, 0.4) is 0 Å². The van der Waals surface area contributed by atoms with Crippen molar-refractivity contribution >= 4 is 21.6 Å². The maximum atomic E-state index is 13.4. The largest absolute Gasteiger partial charge is 0.454 e.